The first-order valence-electron chi connectivity index (χ1n) is 7.03. The number of carbonyl (C=O) groups excluding carboxylic acids is 1. The van der Waals surface area contributed by atoms with Crippen LogP contribution in [0.3, 0.4) is 0 Å². The molecular formula is C13H26NO5P. The molecule has 1 rings (SSSR count). The Hall–Kier alpha value is -0.420. The molecule has 118 valence electrons. The predicted molar refractivity (Wildman–Crippen MR) is 76.7 cm³/mol. The molecule has 0 aromatic carbocycles. The van der Waals surface area contributed by atoms with Gasteiger partial charge in [-0.1, -0.05) is 13.8 Å². The summed E-state index contributed by atoms with van der Waals surface area (Å²) in [7, 11) is -3.61. The van der Waals surface area contributed by atoms with Gasteiger partial charge in [-0.25, -0.2) is 0 Å². The van der Waals surface area contributed by atoms with Crippen LogP contribution in [0.25, 0.3) is 0 Å². The van der Waals surface area contributed by atoms with E-state index in [9.17, 15) is 14.3 Å². The van der Waals surface area contributed by atoms with Crippen LogP contribution in [0, 0.1) is 0 Å². The van der Waals surface area contributed by atoms with E-state index in [-0.39, 0.29) is 18.1 Å². The normalized spacial score (nSPS) is 26.3. The van der Waals surface area contributed by atoms with E-state index in [1.165, 1.54) is 6.92 Å². The van der Waals surface area contributed by atoms with E-state index in [0.29, 0.717) is 19.6 Å². The lowest BCUT2D eigenvalue weighted by atomic mass is 10.2. The van der Waals surface area contributed by atoms with Gasteiger partial charge in [0.05, 0.1) is 30.5 Å². The van der Waals surface area contributed by atoms with Crippen LogP contribution in [-0.2, 0) is 18.6 Å². The first kappa shape index (κ1) is 17.6. The Morgan fingerprint density at radius 3 is 2.45 bits per heavy atom. The van der Waals surface area contributed by atoms with Crippen molar-refractivity contribution in [2.24, 2.45) is 0 Å². The summed E-state index contributed by atoms with van der Waals surface area (Å²) >= 11 is 0. The molecule has 1 aliphatic heterocycles. The zero-order valence-corrected chi connectivity index (χ0v) is 13.8. The minimum absolute atomic E-state index is 0.0641. The Balaban J connectivity index is 2.65. The van der Waals surface area contributed by atoms with Crippen LogP contribution in [0.1, 0.15) is 41.0 Å². The van der Waals surface area contributed by atoms with Crippen LogP contribution >= 0.6 is 7.60 Å². The molecule has 6 nitrogen and oxygen atoms in total. The largest absolute Gasteiger partial charge is 0.377 e. The van der Waals surface area contributed by atoms with Gasteiger partial charge < -0.3 is 19.1 Å². The molecule has 0 aliphatic carbocycles. The minimum Gasteiger partial charge on any atom is -0.377 e. The van der Waals surface area contributed by atoms with Gasteiger partial charge in [0.2, 0.25) is 5.91 Å². The summed E-state index contributed by atoms with van der Waals surface area (Å²) in [6, 6.07) is -0.0907. The summed E-state index contributed by atoms with van der Waals surface area (Å²) in [6.45, 7) is 9.43. The van der Waals surface area contributed by atoms with Gasteiger partial charge in [-0.2, -0.15) is 0 Å². The highest BCUT2D eigenvalue weighted by Crippen LogP contribution is 2.49. The molecule has 0 aromatic rings. The van der Waals surface area contributed by atoms with Crippen LogP contribution in [0.4, 0.5) is 0 Å². The van der Waals surface area contributed by atoms with Crippen LogP contribution in [0.2, 0.25) is 0 Å². The highest BCUT2D eigenvalue weighted by molar-refractivity contribution is 7.53. The van der Waals surface area contributed by atoms with Gasteiger partial charge in [0.25, 0.3) is 0 Å². The number of likely N-dealkylation sites (tertiary alicyclic amines) is 1. The molecule has 0 radical (unpaired) electrons. The maximum absolute atomic E-state index is 11.9. The van der Waals surface area contributed by atoms with Gasteiger partial charge in [-0.3, -0.25) is 9.36 Å². The van der Waals surface area contributed by atoms with Crippen molar-refractivity contribution in [1.82, 2.24) is 4.90 Å². The third-order valence-corrected chi connectivity index (χ3v) is 5.26. The minimum atomic E-state index is -3.61. The Labute approximate surface area is 121 Å². The molecule has 1 aliphatic rings. The summed E-state index contributed by atoms with van der Waals surface area (Å²) in [6.07, 6.45) is 0.213. The smallest absolute Gasteiger partial charge is 0.330 e. The molecule has 1 unspecified atom stereocenters. The summed E-state index contributed by atoms with van der Waals surface area (Å²) in [5.74, 6) is -0.0641. The highest BCUT2D eigenvalue weighted by Gasteiger charge is 2.39. The second kappa shape index (κ2) is 7.03. The third-order valence-electron chi connectivity index (χ3n) is 3.36. The number of carbonyl (C=O) groups is 1. The Bertz CT molecular complexity index is 385. The second-order valence-electron chi connectivity index (χ2n) is 5.83. The van der Waals surface area contributed by atoms with Gasteiger partial charge in [0.15, 0.2) is 0 Å². The molecule has 0 spiro atoms. The number of ether oxygens (including phenoxy) is 1. The van der Waals surface area contributed by atoms with Crippen molar-refractivity contribution >= 4 is 13.5 Å². The van der Waals surface area contributed by atoms with Crippen LogP contribution in [0.15, 0.2) is 0 Å². The maximum atomic E-state index is 11.9. The molecule has 20 heavy (non-hydrogen) atoms. The quantitative estimate of drug-likeness (QED) is 0.760. The zero-order valence-electron chi connectivity index (χ0n) is 12.9. The standard InChI is InChI=1S/C13H26NO5P/c1-9(2)18-8-12-6-13(7-14(12)11(5)15)19-20(16,17)10(3)4/h9-10,12-13H,6-8H2,1-5H3,(H,16,17)/t12-,13+/m0/s1. The Kier molecular flexibility index (Phi) is 6.20. The topological polar surface area (TPSA) is 76.1 Å². The van der Waals surface area contributed by atoms with Crippen LogP contribution in [-0.4, -0.2) is 52.8 Å². The van der Waals surface area contributed by atoms with E-state index >= 15 is 0 Å². The first-order valence-corrected chi connectivity index (χ1v) is 8.67. The molecule has 0 aromatic heterocycles. The molecule has 1 fully saturated rings. The summed E-state index contributed by atoms with van der Waals surface area (Å²) < 4.78 is 22.8. The number of hydrogen-bond acceptors (Lipinski definition) is 4. The maximum Gasteiger partial charge on any atom is 0.330 e. The number of hydrogen-bond donors (Lipinski definition) is 1. The van der Waals surface area contributed by atoms with Crippen molar-refractivity contribution in [3.05, 3.63) is 0 Å². The second-order valence-corrected chi connectivity index (χ2v) is 8.20. The first-order chi connectivity index (χ1) is 9.13. The van der Waals surface area contributed by atoms with Crippen LogP contribution < -0.4 is 0 Å². The molecule has 0 bridgehead atoms. The molecule has 3 atom stereocenters. The van der Waals surface area contributed by atoms with E-state index in [0.717, 1.165) is 0 Å². The Morgan fingerprint density at radius 1 is 1.40 bits per heavy atom. The van der Waals surface area contributed by atoms with E-state index < -0.39 is 19.4 Å². The van der Waals surface area contributed by atoms with Gasteiger partial charge >= 0.3 is 7.60 Å². The average Bonchev–Trinajstić information content (AvgIpc) is 2.68. The number of rotatable bonds is 6. The summed E-state index contributed by atoms with van der Waals surface area (Å²) in [4.78, 5) is 23.1. The highest BCUT2D eigenvalue weighted by atomic mass is 31.2. The monoisotopic (exact) mass is 307 g/mol. The third kappa shape index (κ3) is 4.85. The molecule has 1 amide bonds. The number of nitrogens with zero attached hydrogens (tertiary/aromatic N) is 1. The van der Waals surface area contributed by atoms with Crippen molar-refractivity contribution in [1.29, 1.82) is 0 Å². The fourth-order valence-corrected chi connectivity index (χ4v) is 2.96. The molecule has 0 saturated carbocycles. The van der Waals surface area contributed by atoms with Crippen molar-refractivity contribution in [3.63, 3.8) is 0 Å². The van der Waals surface area contributed by atoms with Crippen molar-refractivity contribution in [2.75, 3.05) is 13.2 Å². The lowest BCUT2D eigenvalue weighted by Crippen LogP contribution is -2.37. The number of amides is 1. The average molecular weight is 307 g/mol. The Morgan fingerprint density at radius 2 is 2.00 bits per heavy atom. The fourth-order valence-electron chi connectivity index (χ4n) is 2.13. The summed E-state index contributed by atoms with van der Waals surface area (Å²) in [5.41, 5.74) is -0.445. The van der Waals surface area contributed by atoms with E-state index in [4.69, 9.17) is 9.26 Å². The molecule has 1 heterocycles. The molecule has 1 saturated heterocycles. The van der Waals surface area contributed by atoms with Gasteiger partial charge in [0, 0.05) is 13.5 Å². The summed E-state index contributed by atoms with van der Waals surface area (Å²) in [5, 5.41) is 0. The fraction of sp³-hybridized carbons (Fsp3) is 0.923. The van der Waals surface area contributed by atoms with Crippen molar-refractivity contribution in [2.45, 2.75) is 64.9 Å². The van der Waals surface area contributed by atoms with Gasteiger partial charge in [-0.05, 0) is 20.3 Å². The molecule has 1 N–H and O–H groups in total. The zero-order chi connectivity index (χ0) is 15.5. The molecular weight excluding hydrogens is 281 g/mol. The lowest BCUT2D eigenvalue weighted by Gasteiger charge is -2.23. The van der Waals surface area contributed by atoms with Crippen LogP contribution in [0.5, 0.6) is 0 Å². The van der Waals surface area contributed by atoms with E-state index in [1.807, 2.05) is 13.8 Å². The van der Waals surface area contributed by atoms with Crippen molar-refractivity contribution < 1.29 is 23.5 Å². The lowest BCUT2D eigenvalue weighted by molar-refractivity contribution is -0.131. The predicted octanol–water partition coefficient (Wildman–Crippen LogP) is 2.01. The SMILES string of the molecule is CC(=O)N1C[C@H](OP(=O)(O)C(C)C)C[C@H]1COC(C)C. The van der Waals surface area contributed by atoms with E-state index in [2.05, 4.69) is 0 Å². The van der Waals surface area contributed by atoms with Gasteiger partial charge in [-0.15, -0.1) is 0 Å². The van der Waals surface area contributed by atoms with Gasteiger partial charge in [0.1, 0.15) is 0 Å². The van der Waals surface area contributed by atoms with Crippen molar-refractivity contribution in [3.8, 4) is 0 Å². The molecule has 7 heteroatoms. The van der Waals surface area contributed by atoms with E-state index in [1.54, 1.807) is 18.7 Å².